The molecule has 1 atom stereocenters. The second-order valence-corrected chi connectivity index (χ2v) is 4.14. The lowest BCUT2D eigenvalue weighted by Crippen LogP contribution is -2.32. The van der Waals surface area contributed by atoms with Crippen LogP contribution in [0, 0.1) is 11.3 Å². The number of nitrogens with one attached hydrogen (secondary N) is 1. The van der Waals surface area contributed by atoms with Crippen LogP contribution in [0.3, 0.4) is 0 Å². The minimum absolute atomic E-state index is 0.133. The Hall–Kier alpha value is -1.34. The summed E-state index contributed by atoms with van der Waals surface area (Å²) in [5.74, 6) is -0.133. The zero-order valence-electron chi connectivity index (χ0n) is 8.33. The predicted molar refractivity (Wildman–Crippen MR) is 61.1 cm³/mol. The highest BCUT2D eigenvalue weighted by atomic mass is 79.9. The van der Waals surface area contributed by atoms with Crippen LogP contribution in [-0.2, 0) is 11.2 Å². The predicted octanol–water partition coefficient (Wildman–Crippen LogP) is 2.02. The van der Waals surface area contributed by atoms with Crippen LogP contribution in [0.25, 0.3) is 0 Å². The molecular weight excluding hydrogens is 256 g/mol. The fourth-order valence-electron chi connectivity index (χ4n) is 1.11. The number of nitriles is 1. The molecule has 0 saturated heterocycles. The highest BCUT2D eigenvalue weighted by molar-refractivity contribution is 9.10. The minimum Gasteiger partial charge on any atom is -0.340 e. The SMILES string of the molecule is CC(C#N)NC(=O)Cc1ccc(Br)cc1. The van der Waals surface area contributed by atoms with Crippen LogP contribution in [0.2, 0.25) is 0 Å². The zero-order valence-corrected chi connectivity index (χ0v) is 9.91. The van der Waals surface area contributed by atoms with Crippen molar-refractivity contribution in [2.75, 3.05) is 0 Å². The molecule has 0 aliphatic carbocycles. The lowest BCUT2D eigenvalue weighted by atomic mass is 10.1. The van der Waals surface area contributed by atoms with Gasteiger partial charge in [0.15, 0.2) is 0 Å². The number of hydrogen-bond donors (Lipinski definition) is 1. The molecule has 78 valence electrons. The molecule has 0 radical (unpaired) electrons. The van der Waals surface area contributed by atoms with Crippen molar-refractivity contribution in [1.82, 2.24) is 5.32 Å². The topological polar surface area (TPSA) is 52.9 Å². The third kappa shape index (κ3) is 4.13. The van der Waals surface area contributed by atoms with Gasteiger partial charge in [0.05, 0.1) is 12.5 Å². The Balaban J connectivity index is 2.52. The Kier molecular flexibility index (Phi) is 4.32. The van der Waals surface area contributed by atoms with E-state index >= 15 is 0 Å². The van der Waals surface area contributed by atoms with E-state index in [1.54, 1.807) is 6.92 Å². The number of carbonyl (C=O) groups excluding carboxylic acids is 1. The largest absolute Gasteiger partial charge is 0.340 e. The second-order valence-electron chi connectivity index (χ2n) is 3.22. The molecule has 1 aromatic rings. The molecule has 0 saturated carbocycles. The molecule has 0 fully saturated rings. The van der Waals surface area contributed by atoms with E-state index in [2.05, 4.69) is 21.2 Å². The van der Waals surface area contributed by atoms with E-state index in [0.29, 0.717) is 6.42 Å². The number of carbonyl (C=O) groups is 1. The molecule has 1 amide bonds. The number of benzene rings is 1. The minimum atomic E-state index is -0.437. The van der Waals surface area contributed by atoms with E-state index in [0.717, 1.165) is 10.0 Å². The summed E-state index contributed by atoms with van der Waals surface area (Å²) in [7, 11) is 0. The van der Waals surface area contributed by atoms with Gasteiger partial charge >= 0.3 is 0 Å². The van der Waals surface area contributed by atoms with E-state index < -0.39 is 6.04 Å². The van der Waals surface area contributed by atoms with E-state index in [1.165, 1.54) is 0 Å². The average molecular weight is 267 g/mol. The lowest BCUT2D eigenvalue weighted by molar-refractivity contribution is -0.120. The summed E-state index contributed by atoms with van der Waals surface area (Å²) in [5.41, 5.74) is 0.931. The summed E-state index contributed by atoms with van der Waals surface area (Å²) < 4.78 is 0.983. The van der Waals surface area contributed by atoms with Crippen molar-refractivity contribution in [3.8, 4) is 6.07 Å². The molecule has 1 aromatic carbocycles. The van der Waals surface area contributed by atoms with Crippen LogP contribution in [0.5, 0.6) is 0 Å². The first-order valence-corrected chi connectivity index (χ1v) is 5.34. The average Bonchev–Trinajstić information content (AvgIpc) is 2.21. The quantitative estimate of drug-likeness (QED) is 0.910. The first kappa shape index (κ1) is 11.7. The van der Waals surface area contributed by atoms with Crippen LogP contribution in [0.15, 0.2) is 28.7 Å². The highest BCUT2D eigenvalue weighted by Gasteiger charge is 2.06. The maximum Gasteiger partial charge on any atom is 0.225 e. The number of halogens is 1. The fraction of sp³-hybridized carbons (Fsp3) is 0.273. The monoisotopic (exact) mass is 266 g/mol. The molecule has 1 N–H and O–H groups in total. The lowest BCUT2D eigenvalue weighted by Gasteiger charge is -2.06. The van der Waals surface area contributed by atoms with Gasteiger partial charge in [0.1, 0.15) is 6.04 Å². The van der Waals surface area contributed by atoms with Gasteiger partial charge in [-0.25, -0.2) is 0 Å². The van der Waals surface area contributed by atoms with E-state index in [4.69, 9.17) is 5.26 Å². The van der Waals surface area contributed by atoms with Crippen molar-refractivity contribution in [3.05, 3.63) is 34.3 Å². The van der Waals surface area contributed by atoms with Gasteiger partial charge in [-0.3, -0.25) is 4.79 Å². The molecule has 0 spiro atoms. The maximum atomic E-state index is 11.4. The highest BCUT2D eigenvalue weighted by Crippen LogP contribution is 2.10. The molecule has 1 rings (SSSR count). The third-order valence-corrected chi connectivity index (χ3v) is 2.38. The van der Waals surface area contributed by atoms with Crippen LogP contribution in [0.1, 0.15) is 12.5 Å². The summed E-state index contributed by atoms with van der Waals surface area (Å²) in [6.07, 6.45) is 0.305. The van der Waals surface area contributed by atoms with Crippen molar-refractivity contribution < 1.29 is 4.79 Å². The summed E-state index contributed by atoms with van der Waals surface area (Å²) in [6.45, 7) is 1.65. The smallest absolute Gasteiger partial charge is 0.225 e. The van der Waals surface area contributed by atoms with Gasteiger partial charge in [0.2, 0.25) is 5.91 Å². The summed E-state index contributed by atoms with van der Waals surface area (Å²) in [6, 6.07) is 9.04. The molecule has 0 aromatic heterocycles. The van der Waals surface area contributed by atoms with Gasteiger partial charge < -0.3 is 5.32 Å². The van der Waals surface area contributed by atoms with Crippen LogP contribution in [-0.4, -0.2) is 11.9 Å². The Morgan fingerprint density at radius 1 is 1.53 bits per heavy atom. The number of hydrogen-bond acceptors (Lipinski definition) is 2. The standard InChI is InChI=1S/C11H11BrN2O/c1-8(7-13)14-11(15)6-9-2-4-10(12)5-3-9/h2-5,8H,6H2,1H3,(H,14,15). The number of nitrogens with zero attached hydrogens (tertiary/aromatic N) is 1. The number of rotatable bonds is 3. The van der Waals surface area contributed by atoms with E-state index in [-0.39, 0.29) is 5.91 Å². The molecule has 0 heterocycles. The Morgan fingerprint density at radius 3 is 2.67 bits per heavy atom. The molecule has 0 aliphatic heterocycles. The van der Waals surface area contributed by atoms with Crippen LogP contribution < -0.4 is 5.32 Å². The van der Waals surface area contributed by atoms with Gasteiger partial charge in [-0.1, -0.05) is 28.1 Å². The Morgan fingerprint density at radius 2 is 2.13 bits per heavy atom. The Bertz CT molecular complexity index is 381. The normalized spacial score (nSPS) is 11.5. The zero-order chi connectivity index (χ0) is 11.3. The van der Waals surface area contributed by atoms with Gasteiger partial charge in [-0.2, -0.15) is 5.26 Å². The second kappa shape index (κ2) is 5.52. The van der Waals surface area contributed by atoms with Crippen molar-refractivity contribution in [2.45, 2.75) is 19.4 Å². The third-order valence-electron chi connectivity index (χ3n) is 1.85. The molecule has 1 unspecified atom stereocenters. The number of amides is 1. The summed E-state index contributed by atoms with van der Waals surface area (Å²) in [4.78, 5) is 11.4. The first-order valence-electron chi connectivity index (χ1n) is 4.55. The van der Waals surface area contributed by atoms with Gasteiger partial charge in [0, 0.05) is 4.47 Å². The van der Waals surface area contributed by atoms with Crippen molar-refractivity contribution in [3.63, 3.8) is 0 Å². The maximum absolute atomic E-state index is 11.4. The Labute approximate surface area is 97.2 Å². The van der Waals surface area contributed by atoms with Crippen LogP contribution in [0.4, 0.5) is 0 Å². The van der Waals surface area contributed by atoms with Gasteiger partial charge in [-0.15, -0.1) is 0 Å². The molecule has 0 aliphatic rings. The van der Waals surface area contributed by atoms with Gasteiger partial charge in [0.25, 0.3) is 0 Å². The fourth-order valence-corrected chi connectivity index (χ4v) is 1.38. The van der Waals surface area contributed by atoms with Crippen molar-refractivity contribution in [2.24, 2.45) is 0 Å². The van der Waals surface area contributed by atoms with Gasteiger partial charge in [-0.05, 0) is 24.6 Å². The molecular formula is C11H11BrN2O. The summed E-state index contributed by atoms with van der Waals surface area (Å²) in [5, 5.41) is 11.1. The summed E-state index contributed by atoms with van der Waals surface area (Å²) >= 11 is 3.32. The van der Waals surface area contributed by atoms with Crippen LogP contribution >= 0.6 is 15.9 Å². The van der Waals surface area contributed by atoms with E-state index in [9.17, 15) is 4.79 Å². The van der Waals surface area contributed by atoms with Crippen molar-refractivity contribution in [1.29, 1.82) is 5.26 Å². The molecule has 15 heavy (non-hydrogen) atoms. The molecule has 3 nitrogen and oxygen atoms in total. The van der Waals surface area contributed by atoms with E-state index in [1.807, 2.05) is 30.3 Å². The molecule has 0 bridgehead atoms. The first-order chi connectivity index (χ1) is 7.11. The molecule has 4 heteroatoms. The van der Waals surface area contributed by atoms with Crippen molar-refractivity contribution >= 4 is 21.8 Å².